The number of benzene rings is 1. The number of aromatic nitrogens is 1. The number of anilines is 1. The van der Waals surface area contributed by atoms with Gasteiger partial charge in [-0.1, -0.05) is 0 Å². The maximum Gasteiger partial charge on any atom is 0.205 e. The molecule has 1 aliphatic rings. The number of ketones is 1. The third kappa shape index (κ3) is 2.77. The molecule has 3 aromatic rings. The van der Waals surface area contributed by atoms with Crippen LogP contribution in [0.4, 0.5) is 5.69 Å². The van der Waals surface area contributed by atoms with E-state index >= 15 is 0 Å². The summed E-state index contributed by atoms with van der Waals surface area (Å²) >= 11 is 1.39. The number of nitrogens with two attached hydrogens (primary N) is 1. The minimum Gasteiger partial charge on any atom is -0.497 e. The zero-order valence-electron chi connectivity index (χ0n) is 14.3. The second-order valence-electron chi connectivity index (χ2n) is 6.48. The van der Waals surface area contributed by atoms with Crippen molar-refractivity contribution in [2.75, 3.05) is 26.4 Å². The molecule has 0 radical (unpaired) electrons. The van der Waals surface area contributed by atoms with Crippen molar-refractivity contribution in [2.24, 2.45) is 0 Å². The van der Waals surface area contributed by atoms with E-state index in [2.05, 4.69) is 13.1 Å². The number of methoxy groups -OCH3 is 1. The van der Waals surface area contributed by atoms with E-state index in [4.69, 9.17) is 15.5 Å². The molecule has 1 aromatic carbocycles. The Morgan fingerprint density at radius 1 is 1.32 bits per heavy atom. The van der Waals surface area contributed by atoms with Crippen molar-refractivity contribution >= 4 is 33.0 Å². The first kappa shape index (κ1) is 16.1. The highest BCUT2D eigenvalue weighted by atomic mass is 32.1. The van der Waals surface area contributed by atoms with Gasteiger partial charge in [-0.15, -0.1) is 11.3 Å². The molecular weight excluding hydrogens is 334 g/mol. The lowest BCUT2D eigenvalue weighted by molar-refractivity contribution is -0.895. The van der Waals surface area contributed by atoms with E-state index in [9.17, 15) is 4.79 Å². The molecule has 2 aromatic heterocycles. The van der Waals surface area contributed by atoms with Gasteiger partial charge in [-0.05, 0) is 30.3 Å². The topological polar surface area (TPSA) is 69.6 Å². The van der Waals surface area contributed by atoms with Crippen LogP contribution in [0.25, 0.3) is 10.2 Å². The highest BCUT2D eigenvalue weighted by molar-refractivity contribution is 7.21. The number of likely N-dealkylation sites (N-methyl/N-ethyl adjacent to an activating group) is 1. The van der Waals surface area contributed by atoms with Crippen molar-refractivity contribution in [1.29, 1.82) is 0 Å². The fourth-order valence-electron chi connectivity index (χ4n) is 3.28. The number of carbonyl (C=O) groups is 1. The Morgan fingerprint density at radius 3 is 2.80 bits per heavy atom. The molecule has 3 N–H and O–H groups in total. The summed E-state index contributed by atoms with van der Waals surface area (Å²) in [5.41, 5.74) is 9.85. The smallest absolute Gasteiger partial charge is 0.205 e. The first-order valence-electron chi connectivity index (χ1n) is 8.27. The molecule has 1 unspecified atom stereocenters. The fourth-order valence-corrected chi connectivity index (χ4v) is 4.33. The number of hydrogen-bond acceptors (Lipinski definition) is 5. The second-order valence-corrected chi connectivity index (χ2v) is 7.48. The fraction of sp³-hybridized carbons (Fsp3) is 0.263. The van der Waals surface area contributed by atoms with Crippen molar-refractivity contribution in [3.05, 3.63) is 52.0 Å². The van der Waals surface area contributed by atoms with Gasteiger partial charge >= 0.3 is 0 Å². The molecular formula is C19H20N3O2S+. The number of quaternary nitrogens is 1. The lowest BCUT2D eigenvalue weighted by Crippen LogP contribution is -3.08. The summed E-state index contributed by atoms with van der Waals surface area (Å²) in [4.78, 5) is 20.5. The number of thiophene rings is 1. The molecule has 0 aliphatic carbocycles. The van der Waals surface area contributed by atoms with Crippen LogP contribution in [0.1, 0.15) is 26.5 Å². The zero-order valence-corrected chi connectivity index (χ0v) is 15.1. The summed E-state index contributed by atoms with van der Waals surface area (Å²) in [6.07, 6.45) is 0.969. The van der Waals surface area contributed by atoms with Crippen LogP contribution in [0.3, 0.4) is 0 Å². The molecule has 3 heterocycles. The Labute approximate surface area is 150 Å². The lowest BCUT2D eigenvalue weighted by atomic mass is 10.0. The van der Waals surface area contributed by atoms with Crippen LogP contribution in [0.15, 0.2) is 30.3 Å². The van der Waals surface area contributed by atoms with Crippen LogP contribution in [-0.4, -0.2) is 31.5 Å². The number of nitrogens with zero attached hydrogens (tertiary/aromatic N) is 1. The molecule has 0 amide bonds. The number of nitrogens with one attached hydrogen (secondary N) is 1. The Bertz CT molecular complexity index is 963. The van der Waals surface area contributed by atoms with E-state index in [1.807, 2.05) is 0 Å². The van der Waals surface area contributed by atoms with Gasteiger partial charge in [0.2, 0.25) is 5.78 Å². The van der Waals surface area contributed by atoms with E-state index in [0.29, 0.717) is 16.1 Å². The van der Waals surface area contributed by atoms with Gasteiger partial charge in [-0.3, -0.25) is 4.79 Å². The molecule has 5 nitrogen and oxygen atoms in total. The molecule has 0 saturated heterocycles. The molecule has 0 fully saturated rings. The van der Waals surface area contributed by atoms with Gasteiger partial charge in [0.1, 0.15) is 22.0 Å². The molecule has 0 saturated carbocycles. The maximum absolute atomic E-state index is 12.9. The summed E-state index contributed by atoms with van der Waals surface area (Å²) in [6.45, 7) is 2.04. The van der Waals surface area contributed by atoms with E-state index in [0.717, 1.165) is 41.2 Å². The van der Waals surface area contributed by atoms with E-state index in [1.165, 1.54) is 21.8 Å². The van der Waals surface area contributed by atoms with Gasteiger partial charge in [0.25, 0.3) is 0 Å². The van der Waals surface area contributed by atoms with Crippen molar-refractivity contribution in [2.45, 2.75) is 13.0 Å². The first-order valence-corrected chi connectivity index (χ1v) is 9.09. The van der Waals surface area contributed by atoms with Crippen LogP contribution in [0.2, 0.25) is 0 Å². The first-order chi connectivity index (χ1) is 12.1. The number of ether oxygens (including phenoxy) is 1. The quantitative estimate of drug-likeness (QED) is 0.703. The summed E-state index contributed by atoms with van der Waals surface area (Å²) in [7, 11) is 3.79. The van der Waals surface area contributed by atoms with Crippen molar-refractivity contribution in [1.82, 2.24) is 4.98 Å². The third-order valence-electron chi connectivity index (χ3n) is 4.73. The van der Waals surface area contributed by atoms with Crippen LogP contribution in [0.5, 0.6) is 5.75 Å². The van der Waals surface area contributed by atoms with Gasteiger partial charge < -0.3 is 15.4 Å². The summed E-state index contributed by atoms with van der Waals surface area (Å²) in [6, 6.07) is 9.22. The van der Waals surface area contributed by atoms with E-state index in [1.54, 1.807) is 31.4 Å². The molecule has 25 heavy (non-hydrogen) atoms. The SMILES string of the molecule is COc1ccc(C(=O)c2sc3nc4c(cc3c2N)C[NH+](C)CC4)cc1. The van der Waals surface area contributed by atoms with Crippen molar-refractivity contribution in [3.63, 3.8) is 0 Å². The highest BCUT2D eigenvalue weighted by Gasteiger charge is 2.23. The Balaban J connectivity index is 1.76. The van der Waals surface area contributed by atoms with Crippen LogP contribution < -0.4 is 15.4 Å². The van der Waals surface area contributed by atoms with E-state index < -0.39 is 0 Å². The number of hydrogen-bond donors (Lipinski definition) is 2. The normalized spacial score (nSPS) is 16.6. The zero-order chi connectivity index (χ0) is 17.6. The number of carbonyl (C=O) groups excluding carboxylic acids is 1. The summed E-state index contributed by atoms with van der Waals surface area (Å²) in [5.74, 6) is 0.658. The number of fused-ring (bicyclic) bond motifs is 2. The Hall–Kier alpha value is -2.44. The van der Waals surface area contributed by atoms with Crippen LogP contribution in [-0.2, 0) is 13.0 Å². The average Bonchev–Trinajstić information content (AvgIpc) is 2.95. The minimum absolute atomic E-state index is 0.0659. The Kier molecular flexibility index (Phi) is 3.94. The predicted octanol–water partition coefficient (Wildman–Crippen LogP) is 1.69. The van der Waals surface area contributed by atoms with Crippen molar-refractivity contribution < 1.29 is 14.4 Å². The maximum atomic E-state index is 12.9. The molecule has 6 heteroatoms. The lowest BCUT2D eigenvalue weighted by Gasteiger charge is -2.21. The standard InChI is InChI=1S/C19H19N3O2S/c1-22-8-7-15-12(10-22)9-14-16(20)18(25-19(14)21-15)17(23)11-3-5-13(24-2)6-4-11/h3-6,9H,7-8,10,20H2,1-2H3/p+1. The summed E-state index contributed by atoms with van der Waals surface area (Å²) in [5, 5.41) is 0.898. The van der Waals surface area contributed by atoms with E-state index in [-0.39, 0.29) is 5.78 Å². The number of rotatable bonds is 3. The van der Waals surface area contributed by atoms with Gasteiger partial charge in [-0.25, -0.2) is 4.98 Å². The number of nitrogen functional groups attached to an aromatic ring is 1. The molecule has 1 atom stereocenters. The minimum atomic E-state index is -0.0659. The summed E-state index contributed by atoms with van der Waals surface area (Å²) < 4.78 is 5.15. The second kappa shape index (κ2) is 6.13. The molecule has 128 valence electrons. The average molecular weight is 354 g/mol. The highest BCUT2D eigenvalue weighted by Crippen LogP contribution is 2.35. The van der Waals surface area contributed by atoms with Gasteiger partial charge in [0, 0.05) is 22.9 Å². The van der Waals surface area contributed by atoms with Gasteiger partial charge in [-0.2, -0.15) is 0 Å². The predicted molar refractivity (Wildman–Crippen MR) is 99.6 cm³/mol. The van der Waals surface area contributed by atoms with Gasteiger partial charge in [0.15, 0.2) is 0 Å². The third-order valence-corrected chi connectivity index (χ3v) is 5.84. The van der Waals surface area contributed by atoms with Crippen LogP contribution >= 0.6 is 11.3 Å². The van der Waals surface area contributed by atoms with Crippen LogP contribution in [0, 0.1) is 0 Å². The Morgan fingerprint density at radius 2 is 2.08 bits per heavy atom. The van der Waals surface area contributed by atoms with Crippen molar-refractivity contribution in [3.8, 4) is 5.75 Å². The largest absolute Gasteiger partial charge is 0.497 e. The monoisotopic (exact) mass is 354 g/mol. The molecule has 0 spiro atoms. The number of pyridine rings is 1. The molecule has 4 rings (SSSR count). The van der Waals surface area contributed by atoms with Gasteiger partial charge in [0.05, 0.1) is 32.1 Å². The molecule has 0 bridgehead atoms. The molecule has 1 aliphatic heterocycles.